The molecule has 0 aromatic heterocycles. The van der Waals surface area contributed by atoms with Crippen molar-refractivity contribution in [1.29, 1.82) is 0 Å². The van der Waals surface area contributed by atoms with E-state index in [0.29, 0.717) is 6.42 Å². The van der Waals surface area contributed by atoms with E-state index in [1.165, 1.54) is 199 Å². The molecule has 4 heteroatoms. The Morgan fingerprint density at radius 2 is 0.750 bits per heavy atom. The minimum atomic E-state index is -0.858. The Bertz CT molecular complexity index is 893. The Morgan fingerprint density at radius 1 is 0.429 bits per heavy atom. The van der Waals surface area contributed by atoms with Crippen molar-refractivity contribution >= 4 is 5.91 Å². The van der Waals surface area contributed by atoms with E-state index >= 15 is 0 Å². The fourth-order valence-corrected chi connectivity index (χ4v) is 7.46. The number of unbranched alkanes of at least 4 members (excludes halogenated alkanes) is 32. The van der Waals surface area contributed by atoms with Gasteiger partial charge in [-0.05, 0) is 64.2 Å². The molecule has 0 spiro atoms. The summed E-state index contributed by atoms with van der Waals surface area (Å²) in [6, 6.07) is -0.635. The van der Waals surface area contributed by atoms with Crippen LogP contribution in [0.2, 0.25) is 0 Å². The molecule has 0 saturated carbocycles. The first kappa shape index (κ1) is 54.3. The standard InChI is InChI=1S/C52H97NO3/c1-3-5-7-9-11-13-14-15-16-17-18-19-20-21-22-23-24-25-26-27-28-29-30-31-32-33-34-35-36-37-38-40-42-44-46-48-52(56)53-50(49-54)51(55)47-45-43-41-39-12-10-8-6-4-2/h12,14-15,17-18,39,45,47,50-51,54-55H,3-11,13,16,19-38,40-44,46,48-49H2,1-2H3,(H,53,56)/b15-14-,18-17-,39-12+,47-45+. The summed E-state index contributed by atoms with van der Waals surface area (Å²) in [5.41, 5.74) is 0. The largest absolute Gasteiger partial charge is 0.394 e. The smallest absolute Gasteiger partial charge is 0.220 e. The van der Waals surface area contributed by atoms with Crippen molar-refractivity contribution in [3.8, 4) is 0 Å². The Morgan fingerprint density at radius 3 is 1.18 bits per heavy atom. The lowest BCUT2D eigenvalue weighted by Gasteiger charge is -2.19. The van der Waals surface area contributed by atoms with Crippen LogP contribution in [0, 0.1) is 0 Å². The van der Waals surface area contributed by atoms with Crippen LogP contribution >= 0.6 is 0 Å². The minimum absolute atomic E-state index is 0.0741. The van der Waals surface area contributed by atoms with Crippen LogP contribution in [0.1, 0.15) is 258 Å². The van der Waals surface area contributed by atoms with E-state index in [1.807, 2.05) is 6.08 Å². The van der Waals surface area contributed by atoms with Gasteiger partial charge in [0.05, 0.1) is 18.8 Å². The first-order valence-corrected chi connectivity index (χ1v) is 24.9. The SMILES string of the molecule is CCCCC/C=C/CC/C=C/C(O)C(CO)NC(=O)CCCCCCCCCCCCCCCCCCCCCCCCC/C=C\C/C=C\CCCCCCC. The molecule has 328 valence electrons. The molecule has 3 N–H and O–H groups in total. The summed E-state index contributed by atoms with van der Waals surface area (Å²) >= 11 is 0. The molecule has 1 amide bonds. The molecule has 0 bridgehead atoms. The Kier molecular flexibility index (Phi) is 46.3. The lowest BCUT2D eigenvalue weighted by molar-refractivity contribution is -0.123. The van der Waals surface area contributed by atoms with E-state index in [0.717, 1.165) is 38.5 Å². The first-order chi connectivity index (χ1) is 27.7. The van der Waals surface area contributed by atoms with Crippen LogP contribution < -0.4 is 5.32 Å². The van der Waals surface area contributed by atoms with Gasteiger partial charge >= 0.3 is 0 Å². The van der Waals surface area contributed by atoms with E-state index in [4.69, 9.17) is 0 Å². The van der Waals surface area contributed by atoms with Gasteiger partial charge in [0.1, 0.15) is 0 Å². The van der Waals surface area contributed by atoms with Crippen LogP contribution in [0.5, 0.6) is 0 Å². The number of rotatable bonds is 45. The maximum atomic E-state index is 12.3. The maximum Gasteiger partial charge on any atom is 0.220 e. The number of hydrogen-bond acceptors (Lipinski definition) is 3. The number of carbonyl (C=O) groups is 1. The number of hydrogen-bond donors (Lipinski definition) is 3. The van der Waals surface area contributed by atoms with Gasteiger partial charge in [-0.25, -0.2) is 0 Å². The lowest BCUT2D eigenvalue weighted by atomic mass is 10.0. The second kappa shape index (κ2) is 47.7. The van der Waals surface area contributed by atoms with Crippen LogP contribution in [0.4, 0.5) is 0 Å². The average molecular weight is 784 g/mol. The summed E-state index contributed by atoms with van der Waals surface area (Å²) in [6.07, 6.45) is 65.6. The second-order valence-electron chi connectivity index (χ2n) is 16.9. The molecular weight excluding hydrogens is 687 g/mol. The van der Waals surface area contributed by atoms with Crippen molar-refractivity contribution in [2.45, 2.75) is 270 Å². The zero-order valence-electron chi connectivity index (χ0n) is 37.7. The molecule has 0 radical (unpaired) electrons. The number of nitrogens with one attached hydrogen (secondary N) is 1. The highest BCUT2D eigenvalue weighted by Gasteiger charge is 2.17. The lowest BCUT2D eigenvalue weighted by Crippen LogP contribution is -2.45. The molecule has 56 heavy (non-hydrogen) atoms. The van der Waals surface area contributed by atoms with Crippen LogP contribution in [0.25, 0.3) is 0 Å². The van der Waals surface area contributed by atoms with Crippen LogP contribution in [-0.4, -0.2) is 34.9 Å². The van der Waals surface area contributed by atoms with Gasteiger partial charge in [-0.15, -0.1) is 0 Å². The predicted octanol–water partition coefficient (Wildman–Crippen LogP) is 15.9. The maximum absolute atomic E-state index is 12.3. The van der Waals surface area contributed by atoms with Gasteiger partial charge in [0.2, 0.25) is 5.91 Å². The number of aliphatic hydroxyl groups is 2. The topological polar surface area (TPSA) is 69.6 Å². The molecule has 0 fully saturated rings. The number of carbonyl (C=O) groups excluding carboxylic acids is 1. The highest BCUT2D eigenvalue weighted by atomic mass is 16.3. The van der Waals surface area contributed by atoms with E-state index in [2.05, 4.69) is 55.6 Å². The Hall–Kier alpha value is -1.65. The molecular formula is C52H97NO3. The van der Waals surface area contributed by atoms with Crippen molar-refractivity contribution in [2.24, 2.45) is 0 Å². The third-order valence-corrected chi connectivity index (χ3v) is 11.3. The van der Waals surface area contributed by atoms with Crippen LogP contribution in [0.15, 0.2) is 48.6 Å². The summed E-state index contributed by atoms with van der Waals surface area (Å²) < 4.78 is 0. The second-order valence-corrected chi connectivity index (χ2v) is 16.9. The van der Waals surface area contributed by atoms with Gasteiger partial charge in [0.15, 0.2) is 0 Å². The van der Waals surface area contributed by atoms with Crippen molar-refractivity contribution in [3.05, 3.63) is 48.6 Å². The van der Waals surface area contributed by atoms with Gasteiger partial charge in [-0.3, -0.25) is 4.79 Å². The van der Waals surface area contributed by atoms with Gasteiger partial charge in [0, 0.05) is 6.42 Å². The highest BCUT2D eigenvalue weighted by molar-refractivity contribution is 5.76. The van der Waals surface area contributed by atoms with Crippen LogP contribution in [-0.2, 0) is 4.79 Å². The molecule has 0 aromatic rings. The van der Waals surface area contributed by atoms with E-state index < -0.39 is 12.1 Å². The van der Waals surface area contributed by atoms with E-state index in [9.17, 15) is 15.0 Å². The molecule has 2 atom stereocenters. The molecule has 0 aromatic carbocycles. The monoisotopic (exact) mass is 784 g/mol. The first-order valence-electron chi connectivity index (χ1n) is 24.9. The number of amides is 1. The van der Waals surface area contributed by atoms with Gasteiger partial charge < -0.3 is 15.5 Å². The normalized spacial score (nSPS) is 13.3. The molecule has 0 aliphatic rings. The fourth-order valence-electron chi connectivity index (χ4n) is 7.46. The van der Waals surface area contributed by atoms with Crippen LogP contribution in [0.3, 0.4) is 0 Å². The molecule has 4 nitrogen and oxygen atoms in total. The summed E-state index contributed by atoms with van der Waals surface area (Å²) in [7, 11) is 0. The predicted molar refractivity (Wildman–Crippen MR) is 248 cm³/mol. The summed E-state index contributed by atoms with van der Waals surface area (Å²) in [5.74, 6) is -0.0741. The minimum Gasteiger partial charge on any atom is -0.394 e. The van der Waals surface area contributed by atoms with E-state index in [-0.39, 0.29) is 12.5 Å². The average Bonchev–Trinajstić information content (AvgIpc) is 3.20. The van der Waals surface area contributed by atoms with Crippen molar-refractivity contribution in [2.75, 3.05) is 6.61 Å². The number of allylic oxidation sites excluding steroid dienone is 7. The van der Waals surface area contributed by atoms with Crippen molar-refractivity contribution in [1.82, 2.24) is 5.32 Å². The summed E-state index contributed by atoms with van der Waals surface area (Å²) in [5, 5.41) is 22.9. The molecule has 0 heterocycles. The van der Waals surface area contributed by atoms with E-state index in [1.54, 1.807) is 6.08 Å². The fraction of sp³-hybridized carbons (Fsp3) is 0.827. The van der Waals surface area contributed by atoms with Gasteiger partial charge in [-0.1, -0.05) is 236 Å². The van der Waals surface area contributed by atoms with Crippen molar-refractivity contribution in [3.63, 3.8) is 0 Å². The summed E-state index contributed by atoms with van der Waals surface area (Å²) in [6.45, 7) is 4.24. The molecule has 0 saturated heterocycles. The van der Waals surface area contributed by atoms with Crippen molar-refractivity contribution < 1.29 is 15.0 Å². The Balaban J connectivity index is 3.39. The quantitative estimate of drug-likeness (QED) is 0.0425. The molecule has 0 rings (SSSR count). The highest BCUT2D eigenvalue weighted by Crippen LogP contribution is 2.16. The van der Waals surface area contributed by atoms with Gasteiger partial charge in [0.25, 0.3) is 0 Å². The number of aliphatic hydroxyl groups excluding tert-OH is 2. The third-order valence-electron chi connectivity index (χ3n) is 11.3. The zero-order chi connectivity index (χ0) is 40.7. The molecule has 2 unspecified atom stereocenters. The molecule has 0 aliphatic heterocycles. The molecule has 0 aliphatic carbocycles. The summed E-state index contributed by atoms with van der Waals surface area (Å²) in [4.78, 5) is 12.3. The Labute approximate surface area is 350 Å². The van der Waals surface area contributed by atoms with Gasteiger partial charge in [-0.2, -0.15) is 0 Å². The zero-order valence-corrected chi connectivity index (χ0v) is 37.7. The third kappa shape index (κ3) is 43.5.